The molecule has 0 saturated carbocycles. The first kappa shape index (κ1) is 13.2. The zero-order valence-corrected chi connectivity index (χ0v) is 9.40. The lowest BCUT2D eigenvalue weighted by Gasteiger charge is -2.11. The molecule has 0 aliphatic rings. The lowest BCUT2D eigenvalue weighted by Crippen LogP contribution is -2.21. The first-order valence-electron chi connectivity index (χ1n) is 3.67. The largest absolute Gasteiger partial charge is 0.574 e. The summed E-state index contributed by atoms with van der Waals surface area (Å²) in [5.74, 6) is -1.03. The third-order valence-corrected chi connectivity index (χ3v) is 2.43. The summed E-state index contributed by atoms with van der Waals surface area (Å²) in [5.41, 5.74) is -1.89. The van der Waals surface area contributed by atoms with Gasteiger partial charge in [-0.25, -0.2) is 8.78 Å². The van der Waals surface area contributed by atoms with E-state index in [-0.39, 0.29) is 0 Å². The summed E-state index contributed by atoms with van der Waals surface area (Å²) in [5, 5.41) is 0. The van der Waals surface area contributed by atoms with Crippen molar-refractivity contribution >= 4 is 22.6 Å². The molecule has 1 heterocycles. The lowest BCUT2D eigenvalue weighted by atomic mass is 10.3. The number of nitrogens with one attached hydrogen (secondary N) is 1. The highest BCUT2D eigenvalue weighted by atomic mass is 127. The van der Waals surface area contributed by atoms with Gasteiger partial charge >= 0.3 is 6.36 Å². The number of hydrogen-bond acceptors (Lipinski definition) is 2. The van der Waals surface area contributed by atoms with Crippen LogP contribution in [0.1, 0.15) is 12.1 Å². The number of halogens is 6. The van der Waals surface area contributed by atoms with Gasteiger partial charge in [0.1, 0.15) is 3.57 Å². The molecule has 1 rings (SSSR count). The predicted molar refractivity (Wildman–Crippen MR) is 51.4 cm³/mol. The molecule has 16 heavy (non-hydrogen) atoms. The molecule has 0 saturated heterocycles. The fraction of sp³-hybridized carbons (Fsp3) is 0.286. The summed E-state index contributed by atoms with van der Waals surface area (Å²) in [7, 11) is 0. The van der Waals surface area contributed by atoms with Crippen molar-refractivity contribution in [2.24, 2.45) is 0 Å². The van der Waals surface area contributed by atoms with E-state index >= 15 is 0 Å². The molecule has 0 aliphatic carbocycles. The zero-order valence-electron chi connectivity index (χ0n) is 7.24. The van der Waals surface area contributed by atoms with Crippen LogP contribution in [-0.4, -0.2) is 11.3 Å². The molecule has 0 aromatic carbocycles. The molecule has 0 spiro atoms. The van der Waals surface area contributed by atoms with Crippen molar-refractivity contribution in [2.75, 3.05) is 0 Å². The number of aromatic nitrogens is 1. The van der Waals surface area contributed by atoms with E-state index in [9.17, 15) is 26.7 Å². The van der Waals surface area contributed by atoms with Gasteiger partial charge in [0, 0.05) is 6.07 Å². The third-order valence-electron chi connectivity index (χ3n) is 1.41. The Hall–Kier alpha value is -0.870. The summed E-state index contributed by atoms with van der Waals surface area (Å²) in [6, 6.07) is 0.523. The van der Waals surface area contributed by atoms with Crippen LogP contribution in [0.25, 0.3) is 0 Å². The van der Waals surface area contributed by atoms with Crippen molar-refractivity contribution in [1.82, 2.24) is 4.98 Å². The minimum absolute atomic E-state index is 0.445. The molecule has 0 bridgehead atoms. The van der Waals surface area contributed by atoms with Crippen LogP contribution in [0, 0.1) is 3.57 Å². The van der Waals surface area contributed by atoms with Gasteiger partial charge in [0.15, 0.2) is 5.43 Å². The molecule has 3 nitrogen and oxygen atoms in total. The van der Waals surface area contributed by atoms with E-state index in [1.165, 1.54) is 22.6 Å². The highest BCUT2D eigenvalue weighted by molar-refractivity contribution is 14.1. The Labute approximate surface area is 98.7 Å². The fourth-order valence-electron chi connectivity index (χ4n) is 0.842. The standard InChI is InChI=1S/C7H3F5INO2/c8-5(9)2-1-3(15)4(13)6(14-2)16-7(10,11)12/h1,5H,(H,14,15). The van der Waals surface area contributed by atoms with Crippen LogP contribution in [-0.2, 0) is 0 Å². The number of ether oxygens (including phenoxy) is 1. The van der Waals surface area contributed by atoms with Crippen molar-refractivity contribution in [3.8, 4) is 5.88 Å². The Morgan fingerprint density at radius 1 is 1.38 bits per heavy atom. The maximum absolute atomic E-state index is 12.2. The van der Waals surface area contributed by atoms with Gasteiger partial charge in [0.05, 0.1) is 5.69 Å². The quantitative estimate of drug-likeness (QED) is 0.655. The molecule has 90 valence electrons. The van der Waals surface area contributed by atoms with Crippen molar-refractivity contribution < 1.29 is 26.7 Å². The molecule has 0 atom stereocenters. The van der Waals surface area contributed by atoms with Gasteiger partial charge in [-0.05, 0) is 22.6 Å². The van der Waals surface area contributed by atoms with Gasteiger partial charge in [0.2, 0.25) is 5.88 Å². The van der Waals surface area contributed by atoms with Crippen LogP contribution in [0.5, 0.6) is 5.88 Å². The molecule has 9 heteroatoms. The SMILES string of the molecule is O=c1cc(C(F)F)[nH]c(OC(F)(F)F)c1I. The summed E-state index contributed by atoms with van der Waals surface area (Å²) in [4.78, 5) is 12.8. The number of alkyl halides is 5. The van der Waals surface area contributed by atoms with Crippen molar-refractivity contribution in [2.45, 2.75) is 12.8 Å². The van der Waals surface area contributed by atoms with E-state index in [4.69, 9.17) is 0 Å². The van der Waals surface area contributed by atoms with Crippen molar-refractivity contribution in [3.63, 3.8) is 0 Å². The van der Waals surface area contributed by atoms with Crippen molar-refractivity contribution in [1.29, 1.82) is 0 Å². The Balaban J connectivity index is 3.22. The molecular weight excluding hydrogens is 352 g/mol. The number of H-pyrrole nitrogens is 1. The molecule has 0 fully saturated rings. The van der Waals surface area contributed by atoms with E-state index in [2.05, 4.69) is 4.74 Å². The number of rotatable bonds is 2. The minimum atomic E-state index is -5.05. The van der Waals surface area contributed by atoms with E-state index in [0.29, 0.717) is 6.07 Å². The number of hydrogen-bond donors (Lipinski definition) is 1. The Morgan fingerprint density at radius 2 is 1.94 bits per heavy atom. The minimum Gasteiger partial charge on any atom is -0.389 e. The van der Waals surface area contributed by atoms with Crippen molar-refractivity contribution in [3.05, 3.63) is 25.6 Å². The second-order valence-corrected chi connectivity index (χ2v) is 3.66. The van der Waals surface area contributed by atoms with Crippen LogP contribution in [0.4, 0.5) is 22.0 Å². The Morgan fingerprint density at radius 3 is 2.38 bits per heavy atom. The van der Waals surface area contributed by atoms with Gasteiger partial charge in [-0.15, -0.1) is 13.2 Å². The molecule has 0 unspecified atom stereocenters. The summed E-state index contributed by atoms with van der Waals surface area (Å²) in [6.07, 6.45) is -8.14. The number of pyridine rings is 1. The van der Waals surface area contributed by atoms with Gasteiger partial charge in [-0.3, -0.25) is 4.79 Å². The average Bonchev–Trinajstić information content (AvgIpc) is 2.10. The second kappa shape index (κ2) is 4.55. The Kier molecular flexibility index (Phi) is 3.76. The highest BCUT2D eigenvalue weighted by Crippen LogP contribution is 2.26. The third kappa shape index (κ3) is 3.32. The van der Waals surface area contributed by atoms with Crippen LogP contribution in [0.2, 0.25) is 0 Å². The first-order valence-corrected chi connectivity index (χ1v) is 4.75. The smallest absolute Gasteiger partial charge is 0.389 e. The molecule has 1 N–H and O–H groups in total. The summed E-state index contributed by atoms with van der Waals surface area (Å²) < 4.78 is 62.9. The fourth-order valence-corrected chi connectivity index (χ4v) is 1.24. The lowest BCUT2D eigenvalue weighted by molar-refractivity contribution is -0.276. The van der Waals surface area contributed by atoms with Crippen LogP contribution >= 0.6 is 22.6 Å². The van der Waals surface area contributed by atoms with E-state index in [1.807, 2.05) is 0 Å². The molecule has 1 aromatic rings. The van der Waals surface area contributed by atoms with Gasteiger partial charge in [-0.2, -0.15) is 0 Å². The number of aromatic amines is 1. The summed E-state index contributed by atoms with van der Waals surface area (Å²) >= 11 is 1.27. The molecular formula is C7H3F5INO2. The highest BCUT2D eigenvalue weighted by Gasteiger charge is 2.33. The molecule has 0 aliphatic heterocycles. The topological polar surface area (TPSA) is 42.1 Å². The van der Waals surface area contributed by atoms with Crippen LogP contribution < -0.4 is 10.2 Å². The van der Waals surface area contributed by atoms with E-state index in [1.54, 1.807) is 4.98 Å². The van der Waals surface area contributed by atoms with Gasteiger partial charge < -0.3 is 9.72 Å². The van der Waals surface area contributed by atoms with Crippen LogP contribution in [0.15, 0.2) is 10.9 Å². The zero-order chi connectivity index (χ0) is 12.5. The van der Waals surface area contributed by atoms with E-state index < -0.39 is 33.4 Å². The average molecular weight is 355 g/mol. The maximum atomic E-state index is 12.2. The molecule has 1 aromatic heterocycles. The van der Waals surface area contributed by atoms with Crippen LogP contribution in [0.3, 0.4) is 0 Å². The Bertz CT molecular complexity index is 441. The first-order chi connectivity index (χ1) is 7.20. The summed E-state index contributed by atoms with van der Waals surface area (Å²) in [6.45, 7) is 0. The van der Waals surface area contributed by atoms with E-state index in [0.717, 1.165) is 0 Å². The molecule has 0 radical (unpaired) electrons. The normalized spacial score (nSPS) is 11.9. The van der Waals surface area contributed by atoms with Gasteiger partial charge in [-0.1, -0.05) is 0 Å². The van der Waals surface area contributed by atoms with Gasteiger partial charge in [0.25, 0.3) is 6.43 Å². The second-order valence-electron chi connectivity index (χ2n) is 2.58. The maximum Gasteiger partial charge on any atom is 0.574 e. The predicted octanol–water partition coefficient (Wildman–Crippen LogP) is 2.82. The molecule has 0 amide bonds. The monoisotopic (exact) mass is 355 g/mol.